The molecule has 3 fully saturated rings. The van der Waals surface area contributed by atoms with Gasteiger partial charge in [0.1, 0.15) is 11.6 Å². The second-order valence-electron chi connectivity index (χ2n) is 12.0. The Kier molecular flexibility index (Phi) is 8.63. The predicted molar refractivity (Wildman–Crippen MR) is 168 cm³/mol. The molecule has 3 aliphatic heterocycles. The average Bonchev–Trinajstić information content (AvgIpc) is 3.61. The van der Waals surface area contributed by atoms with E-state index in [1.54, 1.807) is 26.9 Å². The first-order valence-corrected chi connectivity index (χ1v) is 15.3. The van der Waals surface area contributed by atoms with Crippen molar-refractivity contribution < 1.29 is 24.2 Å². The number of amides is 3. The van der Waals surface area contributed by atoms with Crippen LogP contribution in [0.3, 0.4) is 0 Å². The summed E-state index contributed by atoms with van der Waals surface area (Å²) in [6, 6.07) is 14.3. The standard InChI is InChI=1S/C35H43N3O5/c1-6-20-36(26-16-10-9-11-17-26)31(40)27-28-32(41)38(22-13-23-39)30(35(28)19-18-34(27,8-3)43-35)33(42)37(21-7-2)29-24(4)14-12-15-25(29)5/h6-7,9-12,14-17,27-28,30,39H,1-2,8,13,18-23H2,3-5H3/t27-,28+,30?,34+,35?/m1/s1. The molecular formula is C35H43N3O5. The summed E-state index contributed by atoms with van der Waals surface area (Å²) in [5.41, 5.74) is 1.36. The van der Waals surface area contributed by atoms with E-state index in [2.05, 4.69) is 13.2 Å². The third-order valence-electron chi connectivity index (χ3n) is 9.67. The van der Waals surface area contributed by atoms with E-state index in [0.717, 1.165) is 22.5 Å². The molecule has 2 unspecified atom stereocenters. The fraction of sp³-hybridized carbons (Fsp3) is 0.457. The highest BCUT2D eigenvalue weighted by Crippen LogP contribution is 2.65. The molecule has 0 aromatic heterocycles. The quantitative estimate of drug-likeness (QED) is 0.369. The predicted octanol–water partition coefficient (Wildman–Crippen LogP) is 4.58. The monoisotopic (exact) mass is 585 g/mol. The van der Waals surface area contributed by atoms with Crippen LogP contribution in [0.15, 0.2) is 73.8 Å². The molecule has 2 aromatic rings. The summed E-state index contributed by atoms with van der Waals surface area (Å²) in [6.45, 7) is 14.3. The van der Waals surface area contributed by atoms with Gasteiger partial charge in [-0.3, -0.25) is 14.4 Å². The second-order valence-corrected chi connectivity index (χ2v) is 12.0. The van der Waals surface area contributed by atoms with Crippen LogP contribution in [0.25, 0.3) is 0 Å². The van der Waals surface area contributed by atoms with Crippen LogP contribution < -0.4 is 9.80 Å². The van der Waals surface area contributed by atoms with Crippen LogP contribution in [0.1, 0.15) is 43.7 Å². The minimum Gasteiger partial charge on any atom is -0.396 e. The molecule has 5 rings (SSSR count). The molecule has 5 atom stereocenters. The molecule has 228 valence electrons. The molecule has 0 aliphatic carbocycles. The van der Waals surface area contributed by atoms with Crippen LogP contribution in [0, 0.1) is 25.7 Å². The van der Waals surface area contributed by atoms with Crippen molar-refractivity contribution in [1.29, 1.82) is 0 Å². The van der Waals surface area contributed by atoms with E-state index in [9.17, 15) is 19.5 Å². The van der Waals surface area contributed by atoms with Gasteiger partial charge in [-0.1, -0.05) is 55.5 Å². The van der Waals surface area contributed by atoms with Crippen LogP contribution in [-0.2, 0) is 19.1 Å². The molecule has 1 spiro atoms. The highest BCUT2D eigenvalue weighted by molar-refractivity contribution is 6.07. The van der Waals surface area contributed by atoms with Gasteiger partial charge in [0.05, 0.1) is 17.4 Å². The van der Waals surface area contributed by atoms with Crippen LogP contribution in [0.2, 0.25) is 0 Å². The van der Waals surface area contributed by atoms with Gasteiger partial charge in [0.15, 0.2) is 0 Å². The molecule has 3 aliphatic rings. The molecule has 3 heterocycles. The molecule has 3 amide bonds. The van der Waals surface area contributed by atoms with E-state index in [0.29, 0.717) is 25.7 Å². The minimum absolute atomic E-state index is 0.126. The number of aliphatic hydroxyl groups is 1. The minimum atomic E-state index is -1.16. The van der Waals surface area contributed by atoms with Gasteiger partial charge >= 0.3 is 0 Å². The highest BCUT2D eigenvalue weighted by Gasteiger charge is 2.79. The van der Waals surface area contributed by atoms with E-state index in [-0.39, 0.29) is 44.0 Å². The molecule has 43 heavy (non-hydrogen) atoms. The van der Waals surface area contributed by atoms with Gasteiger partial charge in [-0.25, -0.2) is 0 Å². The molecular weight excluding hydrogens is 542 g/mol. The summed E-state index contributed by atoms with van der Waals surface area (Å²) in [4.78, 5) is 48.9. The third kappa shape index (κ3) is 4.81. The zero-order chi connectivity index (χ0) is 30.9. The van der Waals surface area contributed by atoms with Gasteiger partial charge in [0.25, 0.3) is 5.91 Å². The number of rotatable bonds is 12. The summed E-state index contributed by atoms with van der Waals surface area (Å²) in [5.74, 6) is -2.29. The number of benzene rings is 2. The first kappa shape index (κ1) is 30.7. The molecule has 0 radical (unpaired) electrons. The van der Waals surface area contributed by atoms with Gasteiger partial charge in [-0.05, 0) is 62.8 Å². The van der Waals surface area contributed by atoms with Crippen LogP contribution >= 0.6 is 0 Å². The second kappa shape index (κ2) is 12.1. The number of nitrogens with zero attached hydrogens (tertiary/aromatic N) is 3. The summed E-state index contributed by atoms with van der Waals surface area (Å²) in [5, 5.41) is 9.74. The van der Waals surface area contributed by atoms with E-state index in [1.165, 1.54) is 0 Å². The number of likely N-dealkylation sites (tertiary alicyclic amines) is 1. The highest BCUT2D eigenvalue weighted by atomic mass is 16.5. The number of hydrogen-bond acceptors (Lipinski definition) is 5. The number of ether oxygens (including phenoxy) is 1. The van der Waals surface area contributed by atoms with Gasteiger partial charge in [0, 0.05) is 37.6 Å². The van der Waals surface area contributed by atoms with Crippen LogP contribution in [0.4, 0.5) is 11.4 Å². The molecule has 1 N–H and O–H groups in total. The molecule has 2 aromatic carbocycles. The van der Waals surface area contributed by atoms with E-state index >= 15 is 0 Å². The summed E-state index contributed by atoms with van der Waals surface area (Å²) >= 11 is 0. The van der Waals surface area contributed by atoms with Crippen molar-refractivity contribution in [2.75, 3.05) is 36.0 Å². The summed E-state index contributed by atoms with van der Waals surface area (Å²) in [6.07, 6.45) is 5.29. The van der Waals surface area contributed by atoms with Crippen molar-refractivity contribution in [3.63, 3.8) is 0 Å². The van der Waals surface area contributed by atoms with Crippen molar-refractivity contribution >= 4 is 29.1 Å². The summed E-state index contributed by atoms with van der Waals surface area (Å²) in [7, 11) is 0. The first-order valence-electron chi connectivity index (χ1n) is 15.3. The Morgan fingerprint density at radius 1 is 1.00 bits per heavy atom. The SMILES string of the molecule is C=CCN(C(=O)[C@H]1[C@H]2C(=O)N(CCCO)C(C(=O)N(CC=C)c3c(C)cccc3C)C23CC[C@]1(CC)O3)c1ccccc1. The van der Waals surface area contributed by atoms with E-state index in [1.807, 2.05) is 69.3 Å². The van der Waals surface area contributed by atoms with Crippen molar-refractivity contribution in [1.82, 2.24) is 4.90 Å². The number of hydrogen-bond donors (Lipinski definition) is 1. The normalized spacial score (nSPS) is 27.2. The molecule has 0 saturated carbocycles. The average molecular weight is 586 g/mol. The Balaban J connectivity index is 1.63. The Bertz CT molecular complexity index is 1390. The van der Waals surface area contributed by atoms with Gasteiger partial charge < -0.3 is 24.5 Å². The van der Waals surface area contributed by atoms with Crippen molar-refractivity contribution in [2.45, 2.75) is 63.7 Å². The molecule has 2 bridgehead atoms. The number of fused-ring (bicyclic) bond motifs is 1. The molecule has 3 saturated heterocycles. The number of carbonyl (C=O) groups excluding carboxylic acids is 3. The van der Waals surface area contributed by atoms with Crippen molar-refractivity contribution in [3.8, 4) is 0 Å². The summed E-state index contributed by atoms with van der Waals surface area (Å²) < 4.78 is 6.99. The lowest BCUT2D eigenvalue weighted by atomic mass is 9.64. The van der Waals surface area contributed by atoms with Crippen LogP contribution in [0.5, 0.6) is 0 Å². The third-order valence-corrected chi connectivity index (χ3v) is 9.67. The van der Waals surface area contributed by atoms with E-state index < -0.39 is 29.1 Å². The lowest BCUT2D eigenvalue weighted by Gasteiger charge is -2.37. The Hall–Kier alpha value is -3.75. The van der Waals surface area contributed by atoms with Crippen molar-refractivity contribution in [2.24, 2.45) is 11.8 Å². The van der Waals surface area contributed by atoms with Gasteiger partial charge in [-0.15, -0.1) is 13.2 Å². The number of aryl methyl sites for hydroxylation is 2. The maximum absolute atomic E-state index is 14.8. The van der Waals surface area contributed by atoms with Crippen molar-refractivity contribution in [3.05, 3.63) is 85.0 Å². The van der Waals surface area contributed by atoms with Gasteiger partial charge in [0.2, 0.25) is 11.8 Å². The number of para-hydroxylation sites is 2. The fourth-order valence-corrected chi connectivity index (χ4v) is 7.88. The zero-order valence-corrected chi connectivity index (χ0v) is 25.5. The van der Waals surface area contributed by atoms with Gasteiger partial charge in [-0.2, -0.15) is 0 Å². The first-order chi connectivity index (χ1) is 20.7. The maximum Gasteiger partial charge on any atom is 0.253 e. The number of aliphatic hydroxyl groups excluding tert-OH is 1. The maximum atomic E-state index is 14.8. The number of anilines is 2. The molecule has 8 nitrogen and oxygen atoms in total. The Labute approximate surface area is 254 Å². The molecule has 8 heteroatoms. The lowest BCUT2D eigenvalue weighted by Crippen LogP contribution is -2.57. The smallest absolute Gasteiger partial charge is 0.253 e. The Morgan fingerprint density at radius 2 is 1.65 bits per heavy atom. The largest absolute Gasteiger partial charge is 0.396 e. The zero-order valence-electron chi connectivity index (χ0n) is 25.5. The lowest BCUT2D eigenvalue weighted by molar-refractivity contribution is -0.146. The fourth-order valence-electron chi connectivity index (χ4n) is 7.88. The Morgan fingerprint density at radius 3 is 2.26 bits per heavy atom. The van der Waals surface area contributed by atoms with Crippen LogP contribution in [-0.4, -0.2) is 71.2 Å². The topological polar surface area (TPSA) is 90.4 Å². The van der Waals surface area contributed by atoms with E-state index in [4.69, 9.17) is 4.74 Å². The number of carbonyl (C=O) groups is 3.